The topological polar surface area (TPSA) is 97.9 Å². The first kappa shape index (κ1) is 32.4. The monoisotopic (exact) mass is 656 g/mol. The lowest BCUT2D eigenvalue weighted by atomic mass is 10.00. The van der Waals surface area contributed by atoms with Gasteiger partial charge in [0.15, 0.2) is 5.13 Å². The third-order valence-corrected chi connectivity index (χ3v) is 9.68. The van der Waals surface area contributed by atoms with E-state index in [-0.39, 0.29) is 36.3 Å². The lowest BCUT2D eigenvalue weighted by Gasteiger charge is -2.42. The average molecular weight is 658 g/mol. The fourth-order valence-corrected chi connectivity index (χ4v) is 7.05. The van der Waals surface area contributed by atoms with Crippen LogP contribution in [0.25, 0.3) is 0 Å². The Balaban J connectivity index is 1.19. The van der Waals surface area contributed by atoms with Crippen molar-refractivity contribution in [2.24, 2.45) is 0 Å². The summed E-state index contributed by atoms with van der Waals surface area (Å²) < 4.78 is 0. The van der Waals surface area contributed by atoms with Crippen LogP contribution in [0.15, 0.2) is 41.8 Å². The van der Waals surface area contributed by atoms with Crippen LogP contribution >= 0.6 is 34.5 Å². The fourth-order valence-electron chi connectivity index (χ4n) is 6.00. The van der Waals surface area contributed by atoms with Gasteiger partial charge in [0.1, 0.15) is 0 Å². The van der Waals surface area contributed by atoms with Gasteiger partial charge >= 0.3 is 0 Å². The predicted octanol–water partition coefficient (Wildman–Crippen LogP) is 5.31. The number of piperidine rings is 1. The minimum Gasteiger partial charge on any atom is -0.334 e. The van der Waals surface area contributed by atoms with Crippen molar-refractivity contribution in [2.45, 2.75) is 52.2 Å². The van der Waals surface area contributed by atoms with Crippen LogP contribution in [0, 0.1) is 13.8 Å². The maximum Gasteiger partial charge on any atom is 0.254 e. The van der Waals surface area contributed by atoms with Gasteiger partial charge in [-0.25, -0.2) is 4.98 Å². The summed E-state index contributed by atoms with van der Waals surface area (Å²) in [4.78, 5) is 49.0. The van der Waals surface area contributed by atoms with E-state index in [0.717, 1.165) is 54.9 Å². The van der Waals surface area contributed by atoms with Gasteiger partial charge in [0.25, 0.3) is 5.91 Å². The number of nitrogens with one attached hydrogen (secondary N) is 2. The highest BCUT2D eigenvalue weighted by atomic mass is 35.5. The van der Waals surface area contributed by atoms with Crippen LogP contribution in [0.1, 0.15) is 58.5 Å². The molecule has 3 heterocycles. The maximum absolute atomic E-state index is 13.6. The van der Waals surface area contributed by atoms with Gasteiger partial charge in [-0.15, -0.1) is 11.3 Å². The number of thiazole rings is 1. The van der Waals surface area contributed by atoms with Crippen molar-refractivity contribution in [3.05, 3.63) is 79.8 Å². The van der Waals surface area contributed by atoms with Gasteiger partial charge in [-0.3, -0.25) is 19.3 Å². The van der Waals surface area contributed by atoms with Crippen molar-refractivity contribution in [2.75, 3.05) is 44.6 Å². The molecule has 0 spiro atoms. The molecule has 3 aromatic rings. The Bertz CT molecular complexity index is 1500. The van der Waals surface area contributed by atoms with Crippen LogP contribution in [0.2, 0.25) is 10.0 Å². The number of nitrogens with zero attached hydrogens (tertiary/aromatic N) is 4. The van der Waals surface area contributed by atoms with E-state index in [2.05, 4.69) is 26.6 Å². The number of benzene rings is 2. The Morgan fingerprint density at radius 3 is 2.39 bits per heavy atom. The molecule has 2 saturated heterocycles. The van der Waals surface area contributed by atoms with E-state index in [1.807, 2.05) is 47.2 Å². The number of halogens is 2. The Kier molecular flexibility index (Phi) is 10.6. The van der Waals surface area contributed by atoms with E-state index in [9.17, 15) is 14.4 Å². The van der Waals surface area contributed by atoms with E-state index in [1.165, 1.54) is 18.3 Å². The minimum absolute atomic E-state index is 0.00465. The summed E-state index contributed by atoms with van der Waals surface area (Å²) in [6.45, 7) is 9.44. The third-order valence-electron chi connectivity index (χ3n) is 8.13. The molecule has 2 aliphatic rings. The lowest BCUT2D eigenvalue weighted by molar-refractivity contribution is -0.135. The summed E-state index contributed by atoms with van der Waals surface area (Å²) in [7, 11) is 0. The highest BCUT2D eigenvalue weighted by Crippen LogP contribution is 2.31. The molecule has 2 N–H and O–H groups in total. The number of piperazine rings is 1. The Morgan fingerprint density at radius 1 is 0.977 bits per heavy atom. The number of hydrogen-bond acceptors (Lipinski definition) is 7. The number of rotatable bonds is 8. The molecule has 2 aliphatic heterocycles. The third kappa shape index (κ3) is 8.17. The number of likely N-dealkylation sites (tertiary alicyclic amines) is 1. The zero-order chi connectivity index (χ0) is 31.4. The molecule has 2 fully saturated rings. The molecule has 1 atom stereocenters. The van der Waals surface area contributed by atoms with Gasteiger partial charge in [0, 0.05) is 63.2 Å². The normalized spacial score (nSPS) is 18.0. The summed E-state index contributed by atoms with van der Waals surface area (Å²) in [5, 5.41) is 9.69. The summed E-state index contributed by atoms with van der Waals surface area (Å²) >= 11 is 14.0. The number of carbonyl (C=O) groups excluding carboxylic acids is 3. The smallest absolute Gasteiger partial charge is 0.254 e. The summed E-state index contributed by atoms with van der Waals surface area (Å²) in [5.74, 6) is -0.166. The standard InChI is InChI=1S/C32H38Cl2N6O3S/c1-20-12-21(2)14-24(13-20)31(43)39-10-11-40(29(18-39)23-4-5-27(33)28(34)15-23)30(42)16-35-25-6-8-38(9-7-25)17-26-19-44-32(37-26)36-22(3)41/h4-5,12-15,19,25,29,35H,6-11,16-18H2,1-3H3,(H,36,37,41). The Morgan fingerprint density at radius 2 is 1.70 bits per heavy atom. The number of carbonyl (C=O) groups is 3. The summed E-state index contributed by atoms with van der Waals surface area (Å²) in [5.41, 5.74) is 4.54. The van der Waals surface area contributed by atoms with Crippen molar-refractivity contribution < 1.29 is 14.4 Å². The minimum atomic E-state index is -0.343. The second-order valence-corrected chi connectivity index (χ2v) is 13.3. The molecule has 44 heavy (non-hydrogen) atoms. The molecule has 0 bridgehead atoms. The van der Waals surface area contributed by atoms with Crippen molar-refractivity contribution in [1.29, 1.82) is 0 Å². The summed E-state index contributed by atoms with van der Waals surface area (Å²) in [6.07, 6.45) is 1.84. The SMILES string of the molecule is CC(=O)Nc1nc(CN2CCC(NCC(=O)N3CCN(C(=O)c4cc(C)cc(C)c4)CC3c3ccc(Cl)c(Cl)c3)CC2)cs1. The zero-order valence-corrected chi connectivity index (χ0v) is 27.6. The Hall–Kier alpha value is -3.02. The first-order valence-electron chi connectivity index (χ1n) is 14.9. The second kappa shape index (κ2) is 14.4. The van der Waals surface area contributed by atoms with Crippen LogP contribution in [-0.4, -0.2) is 82.7 Å². The van der Waals surface area contributed by atoms with Crippen LogP contribution in [0.5, 0.6) is 0 Å². The molecule has 3 amide bonds. The van der Waals surface area contributed by atoms with Gasteiger partial charge < -0.3 is 20.4 Å². The molecule has 0 radical (unpaired) electrons. The van der Waals surface area contributed by atoms with Gasteiger partial charge in [0.2, 0.25) is 11.8 Å². The van der Waals surface area contributed by atoms with E-state index in [4.69, 9.17) is 23.2 Å². The number of aromatic nitrogens is 1. The Labute approximate surface area is 272 Å². The van der Waals surface area contributed by atoms with Crippen molar-refractivity contribution in [1.82, 2.24) is 25.0 Å². The molecule has 234 valence electrons. The first-order chi connectivity index (χ1) is 21.0. The fraction of sp³-hybridized carbons (Fsp3) is 0.438. The van der Waals surface area contributed by atoms with Crippen LogP contribution in [0.4, 0.5) is 5.13 Å². The second-order valence-electron chi connectivity index (χ2n) is 11.7. The lowest BCUT2D eigenvalue weighted by Crippen LogP contribution is -2.54. The average Bonchev–Trinajstić information content (AvgIpc) is 3.42. The quantitative estimate of drug-likeness (QED) is 0.341. The number of amides is 3. The zero-order valence-electron chi connectivity index (χ0n) is 25.2. The van der Waals surface area contributed by atoms with Gasteiger partial charge in [-0.2, -0.15) is 0 Å². The van der Waals surface area contributed by atoms with Crippen molar-refractivity contribution in [3.63, 3.8) is 0 Å². The van der Waals surface area contributed by atoms with Gasteiger partial charge in [-0.05, 0) is 56.5 Å². The molecule has 1 aromatic heterocycles. The van der Waals surface area contributed by atoms with Crippen molar-refractivity contribution in [3.8, 4) is 0 Å². The van der Waals surface area contributed by atoms with E-state index < -0.39 is 0 Å². The molecular formula is C32H38Cl2N6O3S. The molecular weight excluding hydrogens is 619 g/mol. The number of aryl methyl sites for hydroxylation is 2. The highest BCUT2D eigenvalue weighted by molar-refractivity contribution is 7.13. The molecule has 2 aromatic carbocycles. The van der Waals surface area contributed by atoms with Crippen LogP contribution < -0.4 is 10.6 Å². The van der Waals surface area contributed by atoms with Gasteiger partial charge in [0.05, 0.1) is 28.3 Å². The molecule has 12 heteroatoms. The van der Waals surface area contributed by atoms with Crippen LogP contribution in [-0.2, 0) is 16.1 Å². The highest BCUT2D eigenvalue weighted by Gasteiger charge is 2.34. The molecule has 0 saturated carbocycles. The largest absolute Gasteiger partial charge is 0.334 e. The molecule has 1 unspecified atom stereocenters. The molecule has 5 rings (SSSR count). The number of hydrogen-bond donors (Lipinski definition) is 2. The van der Waals surface area contributed by atoms with Gasteiger partial charge in [-0.1, -0.05) is 46.5 Å². The molecule has 0 aliphatic carbocycles. The van der Waals surface area contributed by atoms with E-state index in [1.54, 1.807) is 12.1 Å². The van der Waals surface area contributed by atoms with E-state index in [0.29, 0.717) is 40.4 Å². The van der Waals surface area contributed by atoms with Crippen molar-refractivity contribution >= 4 is 57.4 Å². The van der Waals surface area contributed by atoms with Crippen LogP contribution in [0.3, 0.4) is 0 Å². The van der Waals surface area contributed by atoms with E-state index >= 15 is 0 Å². The molecule has 9 nitrogen and oxygen atoms in total. The summed E-state index contributed by atoms with van der Waals surface area (Å²) in [6, 6.07) is 11.2. The number of anilines is 1. The maximum atomic E-state index is 13.6. The predicted molar refractivity (Wildman–Crippen MR) is 175 cm³/mol. The first-order valence-corrected chi connectivity index (χ1v) is 16.5.